The summed E-state index contributed by atoms with van der Waals surface area (Å²) in [7, 11) is 0. The van der Waals surface area contributed by atoms with Crippen molar-refractivity contribution in [3.8, 4) is 0 Å². The first-order chi connectivity index (χ1) is 9.31. The molecule has 1 aliphatic heterocycles. The molecule has 1 saturated carbocycles. The Morgan fingerprint density at radius 3 is 2.42 bits per heavy atom. The quantitative estimate of drug-likeness (QED) is 0.796. The van der Waals surface area contributed by atoms with Crippen LogP contribution in [0.4, 0.5) is 0 Å². The van der Waals surface area contributed by atoms with Crippen molar-refractivity contribution in [3.63, 3.8) is 0 Å². The second-order valence-corrected chi connectivity index (χ2v) is 5.90. The van der Waals surface area contributed by atoms with Gasteiger partial charge in [0.25, 0.3) is 0 Å². The molecule has 0 radical (unpaired) electrons. The van der Waals surface area contributed by atoms with Gasteiger partial charge < -0.3 is 14.9 Å². The van der Waals surface area contributed by atoms with Crippen molar-refractivity contribution in [1.29, 1.82) is 0 Å². The number of rotatable bonds is 6. The fourth-order valence-corrected chi connectivity index (χ4v) is 3.41. The Bertz CT molecular complexity index is 271. The van der Waals surface area contributed by atoms with E-state index in [9.17, 15) is 9.90 Å². The SMILES string of the molecule is O=C(CCN1CCCC1)N(CCO)C1CCCCC1. The predicted molar refractivity (Wildman–Crippen MR) is 76.0 cm³/mol. The fourth-order valence-electron chi connectivity index (χ4n) is 3.41. The number of nitrogens with zero attached hydrogens (tertiary/aromatic N) is 2. The maximum absolute atomic E-state index is 12.4. The van der Waals surface area contributed by atoms with Crippen molar-refractivity contribution in [2.24, 2.45) is 0 Å². The van der Waals surface area contributed by atoms with Gasteiger partial charge in [-0.1, -0.05) is 19.3 Å². The van der Waals surface area contributed by atoms with Crippen LogP contribution in [0, 0.1) is 0 Å². The lowest BCUT2D eigenvalue weighted by Gasteiger charge is -2.34. The van der Waals surface area contributed by atoms with Crippen LogP contribution in [0.25, 0.3) is 0 Å². The molecule has 2 rings (SSSR count). The highest BCUT2D eigenvalue weighted by atomic mass is 16.3. The summed E-state index contributed by atoms with van der Waals surface area (Å²) in [4.78, 5) is 16.7. The molecule has 1 aliphatic carbocycles. The number of likely N-dealkylation sites (tertiary alicyclic amines) is 1. The maximum Gasteiger partial charge on any atom is 0.224 e. The van der Waals surface area contributed by atoms with E-state index in [-0.39, 0.29) is 12.5 Å². The van der Waals surface area contributed by atoms with Crippen molar-refractivity contribution >= 4 is 5.91 Å². The van der Waals surface area contributed by atoms with E-state index in [4.69, 9.17) is 0 Å². The summed E-state index contributed by atoms with van der Waals surface area (Å²) in [5, 5.41) is 9.19. The molecule has 19 heavy (non-hydrogen) atoms. The first kappa shape index (κ1) is 14.8. The molecule has 1 amide bonds. The molecule has 1 N–H and O–H groups in total. The smallest absolute Gasteiger partial charge is 0.224 e. The van der Waals surface area contributed by atoms with Crippen molar-refractivity contribution in [3.05, 3.63) is 0 Å². The molecule has 110 valence electrons. The van der Waals surface area contributed by atoms with Gasteiger partial charge in [-0.25, -0.2) is 0 Å². The van der Waals surface area contributed by atoms with Crippen LogP contribution in [-0.4, -0.2) is 59.6 Å². The number of carbonyl (C=O) groups is 1. The van der Waals surface area contributed by atoms with Gasteiger partial charge in [-0.2, -0.15) is 0 Å². The molecule has 0 unspecified atom stereocenters. The lowest BCUT2D eigenvalue weighted by atomic mass is 9.94. The van der Waals surface area contributed by atoms with Gasteiger partial charge in [-0.15, -0.1) is 0 Å². The molecule has 0 atom stereocenters. The third-order valence-electron chi connectivity index (χ3n) is 4.52. The van der Waals surface area contributed by atoms with Crippen LogP contribution in [0.2, 0.25) is 0 Å². The molecule has 2 aliphatic rings. The number of aliphatic hydroxyl groups excluding tert-OH is 1. The van der Waals surface area contributed by atoms with Crippen molar-refractivity contribution in [1.82, 2.24) is 9.80 Å². The van der Waals surface area contributed by atoms with Crippen LogP contribution in [0.3, 0.4) is 0 Å². The summed E-state index contributed by atoms with van der Waals surface area (Å²) in [6.07, 6.45) is 9.17. The summed E-state index contributed by atoms with van der Waals surface area (Å²) < 4.78 is 0. The average Bonchev–Trinajstić information content (AvgIpc) is 2.96. The summed E-state index contributed by atoms with van der Waals surface area (Å²) in [5.74, 6) is 0.243. The zero-order valence-electron chi connectivity index (χ0n) is 12.0. The third kappa shape index (κ3) is 4.46. The normalized spacial score (nSPS) is 21.7. The van der Waals surface area contributed by atoms with E-state index in [0.717, 1.165) is 32.5 Å². The fraction of sp³-hybridized carbons (Fsp3) is 0.933. The minimum atomic E-state index is 0.0892. The van der Waals surface area contributed by atoms with Crippen molar-refractivity contribution < 1.29 is 9.90 Å². The molecule has 1 saturated heterocycles. The highest BCUT2D eigenvalue weighted by molar-refractivity contribution is 5.76. The summed E-state index contributed by atoms with van der Waals surface area (Å²) >= 11 is 0. The van der Waals surface area contributed by atoms with Gasteiger partial charge in [0.05, 0.1) is 6.61 Å². The van der Waals surface area contributed by atoms with Crippen LogP contribution < -0.4 is 0 Å². The second-order valence-electron chi connectivity index (χ2n) is 5.90. The Labute approximate surface area is 116 Å². The topological polar surface area (TPSA) is 43.8 Å². The monoisotopic (exact) mass is 268 g/mol. The van der Waals surface area contributed by atoms with E-state index in [2.05, 4.69) is 4.90 Å². The van der Waals surface area contributed by atoms with E-state index < -0.39 is 0 Å². The Hall–Kier alpha value is -0.610. The number of hydrogen-bond acceptors (Lipinski definition) is 3. The standard InChI is InChI=1S/C15H28N2O2/c18-13-12-17(14-6-2-1-3-7-14)15(19)8-11-16-9-4-5-10-16/h14,18H,1-13H2. The lowest BCUT2D eigenvalue weighted by Crippen LogP contribution is -2.44. The molecule has 4 heteroatoms. The van der Waals surface area contributed by atoms with Crippen molar-refractivity contribution in [2.75, 3.05) is 32.8 Å². The van der Waals surface area contributed by atoms with Gasteiger partial charge in [0, 0.05) is 25.6 Å². The van der Waals surface area contributed by atoms with Crippen molar-refractivity contribution in [2.45, 2.75) is 57.4 Å². The summed E-state index contributed by atoms with van der Waals surface area (Å²) in [6, 6.07) is 0.381. The first-order valence-electron chi connectivity index (χ1n) is 7.94. The third-order valence-corrected chi connectivity index (χ3v) is 4.52. The van der Waals surface area contributed by atoms with Crippen LogP contribution in [-0.2, 0) is 4.79 Å². The largest absolute Gasteiger partial charge is 0.395 e. The van der Waals surface area contributed by atoms with Crippen LogP contribution >= 0.6 is 0 Å². The molecule has 2 fully saturated rings. The molecule has 0 spiro atoms. The molecule has 0 aromatic rings. The number of carbonyl (C=O) groups excluding carboxylic acids is 1. The molecule has 0 bridgehead atoms. The van der Waals surface area contributed by atoms with Gasteiger partial charge >= 0.3 is 0 Å². The Kier molecular flexibility index (Phi) is 6.11. The zero-order valence-corrected chi connectivity index (χ0v) is 12.0. The van der Waals surface area contributed by atoms with Gasteiger partial charge in [0.2, 0.25) is 5.91 Å². The first-order valence-corrected chi connectivity index (χ1v) is 7.94. The van der Waals surface area contributed by atoms with Gasteiger partial charge in [0.1, 0.15) is 0 Å². The Morgan fingerprint density at radius 2 is 1.79 bits per heavy atom. The number of aliphatic hydroxyl groups is 1. The van der Waals surface area contributed by atoms with E-state index >= 15 is 0 Å². The van der Waals surface area contributed by atoms with E-state index in [1.165, 1.54) is 32.1 Å². The van der Waals surface area contributed by atoms with Crippen LogP contribution in [0.15, 0.2) is 0 Å². The predicted octanol–water partition coefficient (Wildman–Crippen LogP) is 1.63. The molecule has 1 heterocycles. The lowest BCUT2D eigenvalue weighted by molar-refractivity contribution is -0.135. The van der Waals surface area contributed by atoms with Gasteiger partial charge in [-0.3, -0.25) is 4.79 Å². The Morgan fingerprint density at radius 1 is 1.11 bits per heavy atom. The highest BCUT2D eigenvalue weighted by Crippen LogP contribution is 2.23. The second kappa shape index (κ2) is 7.85. The van der Waals surface area contributed by atoms with E-state index in [0.29, 0.717) is 19.0 Å². The molecular weight excluding hydrogens is 240 g/mol. The highest BCUT2D eigenvalue weighted by Gasteiger charge is 2.25. The van der Waals surface area contributed by atoms with Crippen LogP contribution in [0.1, 0.15) is 51.4 Å². The Balaban J connectivity index is 1.80. The molecule has 0 aromatic heterocycles. The molecule has 0 aromatic carbocycles. The van der Waals surface area contributed by atoms with E-state index in [1.54, 1.807) is 0 Å². The molecular formula is C15H28N2O2. The van der Waals surface area contributed by atoms with Crippen LogP contribution in [0.5, 0.6) is 0 Å². The minimum absolute atomic E-state index is 0.0892. The van der Waals surface area contributed by atoms with Gasteiger partial charge in [-0.05, 0) is 38.8 Å². The minimum Gasteiger partial charge on any atom is -0.395 e. The summed E-state index contributed by atoms with van der Waals surface area (Å²) in [6.45, 7) is 3.80. The maximum atomic E-state index is 12.4. The summed E-state index contributed by atoms with van der Waals surface area (Å²) in [5.41, 5.74) is 0. The molecule has 4 nitrogen and oxygen atoms in total. The average molecular weight is 268 g/mol. The number of hydrogen-bond donors (Lipinski definition) is 1. The number of amides is 1. The van der Waals surface area contributed by atoms with Gasteiger partial charge in [0.15, 0.2) is 0 Å². The zero-order chi connectivity index (χ0) is 13.5. The van der Waals surface area contributed by atoms with E-state index in [1.807, 2.05) is 4.90 Å².